The Kier molecular flexibility index (Phi) is 3.33. The van der Waals surface area contributed by atoms with Crippen molar-refractivity contribution in [3.05, 3.63) is 40.1 Å². The van der Waals surface area contributed by atoms with Crippen LogP contribution >= 0.6 is 11.3 Å². The molecule has 0 amide bonds. The SMILES string of the molecule is O=C(O)c1csc(CNc2cccc3c2N=[Se]=N3)c1. The van der Waals surface area contributed by atoms with Crippen LogP contribution in [0, 0.1) is 0 Å². The van der Waals surface area contributed by atoms with Crippen LogP contribution in [-0.2, 0) is 6.54 Å². The first-order valence-electron chi connectivity index (χ1n) is 5.50. The second-order valence-corrected chi connectivity index (χ2v) is 6.00. The van der Waals surface area contributed by atoms with Crippen molar-refractivity contribution in [1.82, 2.24) is 0 Å². The van der Waals surface area contributed by atoms with E-state index in [0.29, 0.717) is 12.1 Å². The Balaban J connectivity index is 1.75. The number of thiophene rings is 1. The molecule has 5 nitrogen and oxygen atoms in total. The molecule has 0 spiro atoms. The Hall–Kier alpha value is -1.69. The monoisotopic (exact) mass is 339 g/mol. The normalized spacial score (nSPS) is 12.0. The van der Waals surface area contributed by atoms with Crippen molar-refractivity contribution in [2.24, 2.45) is 7.92 Å². The van der Waals surface area contributed by atoms with Gasteiger partial charge in [-0.05, 0) is 0 Å². The second kappa shape index (κ2) is 5.13. The third-order valence-corrected chi connectivity index (χ3v) is 4.71. The van der Waals surface area contributed by atoms with Crippen molar-refractivity contribution in [2.75, 3.05) is 5.32 Å². The van der Waals surface area contributed by atoms with Gasteiger partial charge in [0.05, 0.1) is 0 Å². The molecule has 7 heteroatoms. The summed E-state index contributed by atoms with van der Waals surface area (Å²) in [6.07, 6.45) is 0. The topological polar surface area (TPSA) is 74.0 Å². The van der Waals surface area contributed by atoms with Crippen molar-refractivity contribution in [3.63, 3.8) is 0 Å². The summed E-state index contributed by atoms with van der Waals surface area (Å²) in [6, 6.07) is 7.55. The first-order valence-corrected chi connectivity index (χ1v) is 7.91. The molecule has 0 fully saturated rings. The van der Waals surface area contributed by atoms with Crippen LogP contribution in [0.5, 0.6) is 0 Å². The van der Waals surface area contributed by atoms with Crippen LogP contribution in [-0.4, -0.2) is 25.6 Å². The van der Waals surface area contributed by atoms with E-state index in [-0.39, 0.29) is 14.6 Å². The number of carbonyl (C=O) groups is 1. The first-order chi connectivity index (χ1) is 9.24. The van der Waals surface area contributed by atoms with E-state index in [4.69, 9.17) is 5.11 Å². The molecule has 96 valence electrons. The number of hydrogen-bond donors (Lipinski definition) is 2. The van der Waals surface area contributed by atoms with Gasteiger partial charge in [-0.3, -0.25) is 0 Å². The van der Waals surface area contributed by atoms with Gasteiger partial charge in [-0.2, -0.15) is 0 Å². The summed E-state index contributed by atoms with van der Waals surface area (Å²) in [7, 11) is 0. The average molecular weight is 338 g/mol. The summed E-state index contributed by atoms with van der Waals surface area (Å²) in [5, 5.41) is 13.8. The van der Waals surface area contributed by atoms with Gasteiger partial charge in [0.15, 0.2) is 0 Å². The molecule has 1 aliphatic heterocycles. The zero-order valence-electron chi connectivity index (χ0n) is 9.66. The summed E-state index contributed by atoms with van der Waals surface area (Å²) in [6.45, 7) is 0.594. The summed E-state index contributed by atoms with van der Waals surface area (Å²) < 4.78 is 8.71. The van der Waals surface area contributed by atoms with Gasteiger partial charge in [-0.15, -0.1) is 0 Å². The van der Waals surface area contributed by atoms with Crippen LogP contribution in [0.2, 0.25) is 0 Å². The molecule has 19 heavy (non-hydrogen) atoms. The number of rotatable bonds is 4. The van der Waals surface area contributed by atoms with Crippen molar-refractivity contribution >= 4 is 48.9 Å². The number of nitrogens with one attached hydrogen (secondary N) is 1. The summed E-state index contributed by atoms with van der Waals surface area (Å²) in [5.41, 5.74) is 3.13. The molecule has 3 rings (SSSR count). The number of fused-ring (bicyclic) bond motifs is 1. The standard InChI is InChI=1S/C12H9N3O2SSe/c16-12(17)7-4-8(18-6-7)5-13-9-2-1-3-10-11(9)15-19-14-10/h1-4,6,13H,5H2,(H,16,17). The second-order valence-electron chi connectivity index (χ2n) is 3.90. The maximum absolute atomic E-state index is 10.8. The molecular formula is C12H9N3O2SSe. The van der Waals surface area contributed by atoms with E-state index in [1.165, 1.54) is 11.3 Å². The fourth-order valence-electron chi connectivity index (χ4n) is 1.72. The van der Waals surface area contributed by atoms with E-state index in [1.54, 1.807) is 11.4 Å². The molecule has 0 radical (unpaired) electrons. The molecule has 2 aromatic rings. The van der Waals surface area contributed by atoms with E-state index in [0.717, 1.165) is 21.9 Å². The Morgan fingerprint density at radius 3 is 3.11 bits per heavy atom. The van der Waals surface area contributed by atoms with E-state index < -0.39 is 5.97 Å². The zero-order chi connectivity index (χ0) is 13.2. The Labute approximate surface area is 119 Å². The molecule has 1 aromatic carbocycles. The predicted molar refractivity (Wildman–Crippen MR) is 75.0 cm³/mol. The van der Waals surface area contributed by atoms with Crippen molar-refractivity contribution < 1.29 is 9.90 Å². The Morgan fingerprint density at radius 2 is 2.32 bits per heavy atom. The summed E-state index contributed by atoms with van der Waals surface area (Å²) in [5.74, 6) is -0.889. The van der Waals surface area contributed by atoms with Crippen molar-refractivity contribution in [1.29, 1.82) is 0 Å². The minimum absolute atomic E-state index is 0.0421. The van der Waals surface area contributed by atoms with Gasteiger partial charge < -0.3 is 0 Å². The van der Waals surface area contributed by atoms with E-state index in [1.807, 2.05) is 18.2 Å². The van der Waals surface area contributed by atoms with Crippen molar-refractivity contribution in [2.45, 2.75) is 6.54 Å². The van der Waals surface area contributed by atoms with E-state index in [2.05, 4.69) is 13.2 Å². The number of carboxylic acid groups (broad SMARTS) is 1. The van der Waals surface area contributed by atoms with Gasteiger partial charge in [0.2, 0.25) is 0 Å². The number of hydrogen-bond acceptors (Lipinski definition) is 5. The van der Waals surface area contributed by atoms with Gasteiger partial charge in [-0.25, -0.2) is 0 Å². The zero-order valence-corrected chi connectivity index (χ0v) is 12.2. The first kappa shape index (κ1) is 12.3. The third kappa shape index (κ3) is 2.53. The maximum atomic E-state index is 10.8. The van der Waals surface area contributed by atoms with Crippen LogP contribution in [0.15, 0.2) is 37.6 Å². The van der Waals surface area contributed by atoms with Crippen molar-refractivity contribution in [3.8, 4) is 0 Å². The number of carboxylic acids is 1. The van der Waals surface area contributed by atoms with Gasteiger partial charge in [-0.1, -0.05) is 0 Å². The van der Waals surface area contributed by atoms with Crippen LogP contribution in [0.3, 0.4) is 0 Å². The number of nitrogens with zero attached hydrogens (tertiary/aromatic N) is 2. The Bertz CT molecular complexity index is 720. The molecule has 0 saturated carbocycles. The van der Waals surface area contributed by atoms with Gasteiger partial charge in [0, 0.05) is 0 Å². The molecule has 2 heterocycles. The molecule has 0 aliphatic carbocycles. The quantitative estimate of drug-likeness (QED) is 0.716. The molecule has 1 aromatic heterocycles. The molecule has 2 N–H and O–H groups in total. The molecular weight excluding hydrogens is 329 g/mol. The molecule has 0 saturated heterocycles. The fourth-order valence-corrected chi connectivity index (χ4v) is 3.67. The summed E-state index contributed by atoms with van der Waals surface area (Å²) >= 11 is 1.39. The predicted octanol–water partition coefficient (Wildman–Crippen LogP) is 3.41. The molecule has 1 aliphatic rings. The van der Waals surface area contributed by atoms with E-state index in [9.17, 15) is 4.79 Å². The minimum atomic E-state index is -0.889. The summed E-state index contributed by atoms with van der Waals surface area (Å²) in [4.78, 5) is 11.8. The molecule has 0 unspecified atom stereocenters. The van der Waals surface area contributed by atoms with Crippen LogP contribution in [0.4, 0.5) is 17.1 Å². The van der Waals surface area contributed by atoms with Crippen LogP contribution in [0.1, 0.15) is 15.2 Å². The third-order valence-electron chi connectivity index (χ3n) is 2.64. The van der Waals surface area contributed by atoms with Gasteiger partial charge in [0.1, 0.15) is 0 Å². The Morgan fingerprint density at radius 1 is 1.42 bits per heavy atom. The van der Waals surface area contributed by atoms with Gasteiger partial charge in [0.25, 0.3) is 0 Å². The molecule has 0 bridgehead atoms. The van der Waals surface area contributed by atoms with Crippen LogP contribution in [0.25, 0.3) is 0 Å². The van der Waals surface area contributed by atoms with Gasteiger partial charge >= 0.3 is 119 Å². The number of anilines is 1. The van der Waals surface area contributed by atoms with E-state index >= 15 is 0 Å². The molecule has 0 atom stereocenters. The number of benzene rings is 1. The fraction of sp³-hybridized carbons (Fsp3) is 0.0833. The number of aromatic carboxylic acids is 1. The van der Waals surface area contributed by atoms with Crippen LogP contribution < -0.4 is 5.32 Å². The average Bonchev–Trinajstić information content (AvgIpc) is 3.05.